The molecule has 0 saturated carbocycles. The van der Waals surface area contributed by atoms with Gasteiger partial charge < -0.3 is 4.74 Å². The van der Waals surface area contributed by atoms with Crippen molar-refractivity contribution in [3.8, 4) is 12.3 Å². The third kappa shape index (κ3) is 1.88. The van der Waals surface area contributed by atoms with E-state index in [4.69, 9.17) is 23.4 Å². The van der Waals surface area contributed by atoms with Gasteiger partial charge in [0.1, 0.15) is 0 Å². The lowest BCUT2D eigenvalue weighted by molar-refractivity contribution is 0.252. The van der Waals surface area contributed by atoms with Gasteiger partial charge in [0, 0.05) is 12.2 Å². The standard InChI is InChI=1S/C6H6OS2/c1-2-5-3-4-9-6(8)7-5/h1,5H,3-4H2. The van der Waals surface area contributed by atoms with Crippen LogP contribution < -0.4 is 0 Å². The molecule has 0 bridgehead atoms. The van der Waals surface area contributed by atoms with Gasteiger partial charge >= 0.3 is 0 Å². The van der Waals surface area contributed by atoms with Crippen molar-refractivity contribution in [2.24, 2.45) is 0 Å². The third-order valence-electron chi connectivity index (χ3n) is 1.02. The molecule has 0 radical (unpaired) electrons. The summed E-state index contributed by atoms with van der Waals surface area (Å²) in [7, 11) is 0. The second-order valence-electron chi connectivity index (χ2n) is 1.66. The largest absolute Gasteiger partial charge is 0.462 e. The molecule has 1 unspecified atom stereocenters. The molecule has 1 heterocycles. The van der Waals surface area contributed by atoms with Gasteiger partial charge in [-0.1, -0.05) is 17.7 Å². The molecule has 0 aromatic carbocycles. The Bertz CT molecular complexity index is 159. The summed E-state index contributed by atoms with van der Waals surface area (Å²) in [5, 5.41) is 0. The molecule has 1 aliphatic heterocycles. The van der Waals surface area contributed by atoms with Crippen LogP contribution in [0.5, 0.6) is 0 Å². The Morgan fingerprint density at radius 2 is 2.67 bits per heavy atom. The summed E-state index contributed by atoms with van der Waals surface area (Å²) < 4.78 is 5.68. The average molecular weight is 158 g/mol. The zero-order valence-electron chi connectivity index (χ0n) is 4.79. The normalized spacial score (nSPS) is 26.6. The van der Waals surface area contributed by atoms with E-state index < -0.39 is 0 Å². The van der Waals surface area contributed by atoms with Crippen molar-refractivity contribution in [1.82, 2.24) is 0 Å². The van der Waals surface area contributed by atoms with Crippen LogP contribution in [-0.2, 0) is 4.74 Å². The molecule has 1 aliphatic rings. The van der Waals surface area contributed by atoms with E-state index in [1.54, 1.807) is 11.8 Å². The van der Waals surface area contributed by atoms with E-state index in [1.165, 1.54) is 0 Å². The van der Waals surface area contributed by atoms with Gasteiger partial charge in [-0.25, -0.2) is 0 Å². The highest BCUT2D eigenvalue weighted by Crippen LogP contribution is 2.18. The minimum atomic E-state index is -0.0706. The molecule has 1 rings (SSSR count). The van der Waals surface area contributed by atoms with Gasteiger partial charge in [-0.05, 0) is 12.2 Å². The molecule has 1 atom stereocenters. The number of ether oxygens (including phenoxy) is 1. The summed E-state index contributed by atoms with van der Waals surface area (Å²) in [5.74, 6) is 3.50. The fourth-order valence-electron chi connectivity index (χ4n) is 0.576. The van der Waals surface area contributed by atoms with Crippen LogP contribution in [-0.4, -0.2) is 16.2 Å². The number of thiocarbonyl (C=S) groups is 1. The summed E-state index contributed by atoms with van der Waals surface area (Å²) in [6.07, 6.45) is 5.97. The third-order valence-corrected chi connectivity index (χ3v) is 2.25. The quantitative estimate of drug-likeness (QED) is 0.390. The lowest BCUT2D eigenvalue weighted by atomic mass is 10.3. The van der Waals surface area contributed by atoms with E-state index in [2.05, 4.69) is 5.92 Å². The summed E-state index contributed by atoms with van der Waals surface area (Å²) in [4.78, 5) is 0. The molecule has 1 nitrogen and oxygen atoms in total. The van der Waals surface area contributed by atoms with Crippen molar-refractivity contribution in [3.05, 3.63) is 0 Å². The molecule has 0 N–H and O–H groups in total. The van der Waals surface area contributed by atoms with Crippen LogP contribution >= 0.6 is 24.0 Å². The Morgan fingerprint density at radius 3 is 3.11 bits per heavy atom. The lowest BCUT2D eigenvalue weighted by Crippen LogP contribution is -2.19. The SMILES string of the molecule is C#CC1CCSC(=S)O1. The smallest absolute Gasteiger partial charge is 0.221 e. The van der Waals surface area contributed by atoms with Crippen LogP contribution in [0.2, 0.25) is 0 Å². The fourth-order valence-corrected chi connectivity index (χ4v) is 1.62. The molecule has 0 spiro atoms. The summed E-state index contributed by atoms with van der Waals surface area (Å²) in [6.45, 7) is 0. The molecule has 1 fully saturated rings. The zero-order valence-corrected chi connectivity index (χ0v) is 6.43. The number of terminal acetylenes is 1. The van der Waals surface area contributed by atoms with Crippen LogP contribution in [0, 0.1) is 12.3 Å². The van der Waals surface area contributed by atoms with E-state index in [0.29, 0.717) is 4.38 Å². The van der Waals surface area contributed by atoms with Crippen LogP contribution in [0.25, 0.3) is 0 Å². The highest BCUT2D eigenvalue weighted by atomic mass is 32.2. The topological polar surface area (TPSA) is 9.23 Å². The molecule has 0 aromatic rings. The monoisotopic (exact) mass is 158 g/mol. The van der Waals surface area contributed by atoms with E-state index >= 15 is 0 Å². The highest BCUT2D eigenvalue weighted by molar-refractivity contribution is 8.22. The van der Waals surface area contributed by atoms with E-state index in [1.807, 2.05) is 0 Å². The maximum absolute atomic E-state index is 5.12. The summed E-state index contributed by atoms with van der Waals surface area (Å²) >= 11 is 6.35. The molecule has 9 heavy (non-hydrogen) atoms. The fraction of sp³-hybridized carbons (Fsp3) is 0.500. The van der Waals surface area contributed by atoms with E-state index in [0.717, 1.165) is 12.2 Å². The van der Waals surface area contributed by atoms with E-state index in [9.17, 15) is 0 Å². The molecule has 0 aliphatic carbocycles. The molecule has 3 heteroatoms. The van der Waals surface area contributed by atoms with Crippen molar-refractivity contribution in [2.75, 3.05) is 5.75 Å². The minimum absolute atomic E-state index is 0.0706. The van der Waals surface area contributed by atoms with Crippen molar-refractivity contribution in [1.29, 1.82) is 0 Å². The first-order valence-corrected chi connectivity index (χ1v) is 4.02. The molecule has 1 saturated heterocycles. The minimum Gasteiger partial charge on any atom is -0.462 e. The number of thioether (sulfide) groups is 1. The maximum Gasteiger partial charge on any atom is 0.221 e. The Hall–Kier alpha value is -0.200. The van der Waals surface area contributed by atoms with Crippen molar-refractivity contribution < 1.29 is 4.74 Å². The van der Waals surface area contributed by atoms with Crippen molar-refractivity contribution in [3.63, 3.8) is 0 Å². The highest BCUT2D eigenvalue weighted by Gasteiger charge is 2.14. The second-order valence-corrected chi connectivity index (χ2v) is 3.36. The number of hydrogen-bond donors (Lipinski definition) is 0. The summed E-state index contributed by atoms with van der Waals surface area (Å²) in [6, 6.07) is 0. The van der Waals surface area contributed by atoms with Crippen molar-refractivity contribution >= 4 is 28.4 Å². The number of hydrogen-bond acceptors (Lipinski definition) is 3. The lowest BCUT2D eigenvalue weighted by Gasteiger charge is -2.18. The number of rotatable bonds is 0. The van der Waals surface area contributed by atoms with Gasteiger partial charge in [0.05, 0.1) is 0 Å². The Morgan fingerprint density at radius 1 is 1.89 bits per heavy atom. The van der Waals surface area contributed by atoms with Crippen LogP contribution in [0.15, 0.2) is 0 Å². The van der Waals surface area contributed by atoms with Gasteiger partial charge in [0.2, 0.25) is 4.38 Å². The Kier molecular flexibility index (Phi) is 2.38. The van der Waals surface area contributed by atoms with Crippen LogP contribution in [0.1, 0.15) is 6.42 Å². The van der Waals surface area contributed by atoms with Gasteiger partial charge in [-0.2, -0.15) is 0 Å². The average Bonchev–Trinajstić information content (AvgIpc) is 1.88. The predicted octanol–water partition coefficient (Wildman–Crippen LogP) is 1.43. The van der Waals surface area contributed by atoms with E-state index in [-0.39, 0.29) is 6.10 Å². The van der Waals surface area contributed by atoms with Crippen LogP contribution in [0.4, 0.5) is 0 Å². The first-order chi connectivity index (χ1) is 4.33. The first-order valence-electron chi connectivity index (χ1n) is 2.62. The second kappa shape index (κ2) is 3.09. The molecular formula is C6H6OS2. The van der Waals surface area contributed by atoms with Gasteiger partial charge in [-0.15, -0.1) is 6.42 Å². The maximum atomic E-state index is 5.12. The Labute approximate surface area is 64.2 Å². The van der Waals surface area contributed by atoms with Crippen LogP contribution in [0.3, 0.4) is 0 Å². The van der Waals surface area contributed by atoms with Crippen molar-refractivity contribution in [2.45, 2.75) is 12.5 Å². The first kappa shape index (κ1) is 6.91. The van der Waals surface area contributed by atoms with Gasteiger partial charge in [-0.3, -0.25) is 0 Å². The predicted molar refractivity (Wildman–Crippen MR) is 43.4 cm³/mol. The summed E-state index contributed by atoms with van der Waals surface area (Å²) in [5.41, 5.74) is 0. The van der Waals surface area contributed by atoms with Gasteiger partial charge in [0.15, 0.2) is 6.10 Å². The Balaban J connectivity index is 2.43. The molecule has 48 valence electrons. The molecule has 0 amide bonds. The van der Waals surface area contributed by atoms with Gasteiger partial charge in [0.25, 0.3) is 0 Å². The zero-order chi connectivity index (χ0) is 6.69. The molecular weight excluding hydrogens is 152 g/mol. The molecule has 0 aromatic heterocycles.